The summed E-state index contributed by atoms with van der Waals surface area (Å²) in [5.41, 5.74) is 35.8. The number of carbonyl (C=O) groups is 12. The van der Waals surface area contributed by atoms with Crippen LogP contribution >= 0.6 is 0 Å². The number of hydrogen-bond acceptors (Lipinski definition) is 16. The Morgan fingerprint density at radius 1 is 0.478 bits per heavy atom. The number of fused-ring (bicyclic) bond motifs is 1. The van der Waals surface area contributed by atoms with Crippen molar-refractivity contribution in [1.29, 1.82) is 0 Å². The van der Waals surface area contributed by atoms with E-state index in [1.807, 2.05) is 102 Å². The Labute approximate surface area is 683 Å². The molecule has 0 fully saturated rings. The van der Waals surface area contributed by atoms with E-state index in [0.717, 1.165) is 47.7 Å². The maximum absolute atomic E-state index is 14.6. The van der Waals surface area contributed by atoms with Crippen molar-refractivity contribution in [2.24, 2.45) is 91.7 Å². The zero-order chi connectivity index (χ0) is 85.8. The van der Waals surface area contributed by atoms with Crippen LogP contribution < -0.4 is 61.0 Å². The highest BCUT2D eigenvalue weighted by Crippen LogP contribution is 2.27. The minimum atomic E-state index is -1.39. The fourth-order valence-corrected chi connectivity index (χ4v) is 14.3. The normalized spacial score (nSPS) is 14.4. The summed E-state index contributed by atoms with van der Waals surface area (Å²) in [6.07, 6.45) is 20.5. The zero-order valence-corrected chi connectivity index (χ0v) is 70.6. The van der Waals surface area contributed by atoms with Crippen LogP contribution in [0.25, 0.3) is 10.9 Å². The maximum atomic E-state index is 14.6. The van der Waals surface area contributed by atoms with Crippen molar-refractivity contribution in [1.82, 2.24) is 31.6 Å². The van der Waals surface area contributed by atoms with Crippen LogP contribution in [0.4, 0.5) is 0 Å². The number of nitrogens with zero attached hydrogens (tertiary/aromatic N) is 2. The molecule has 0 unspecified atom stereocenters. The molecule has 0 aliphatic carbocycles. The number of rotatable bonds is 64. The number of aliphatic carboxylic acids is 1. The van der Waals surface area contributed by atoms with Crippen molar-refractivity contribution in [3.63, 3.8) is 0 Å². The van der Waals surface area contributed by atoms with Gasteiger partial charge in [0.25, 0.3) is 0 Å². The van der Waals surface area contributed by atoms with Crippen LogP contribution in [0.5, 0.6) is 0 Å². The van der Waals surface area contributed by atoms with Gasteiger partial charge in [-0.3, -0.25) is 67.5 Å². The standard InChI is InChI=1S/C48H72N8O6.C39H72N6O8/c1-5-7-19-34(46(61)55-40(25-33-17-9-8-10-18-33)44(59)29-38(45(50)60)31(3)6-2)28-43(58)41(26-36-30-54-39-22-12-11-21-37(36)39)56-47(62)35(20-13-14-23-49)27-42(57)32(4)16-15-24-53-48(51)52;1-6-7-8-9-10-11-12-13-14-15-16-17-18-21-34(49)45-36(28(4)46)33(48)25-30(26-35(50)51)38(53)44-31(20-19-22-43-39(40)41)32(47)24-29(23-27(2)3)37(52)42-5/h8-12,17-18,21-22,30-32,34-35,38,40-41,54H,5-7,13-16,19-20,23-29,49H2,1-4H3,(H2,50,60)(H,55,61)(H,56,62)(H4,51,52,53);27-31,36,46H,6-26H2,1-5H3,(H,42,52)(H,44,53)(H,45,49)(H,50,51)(H4,40,41,43)/t31-,32-,34+,35+,38-,40-,41-;28-,29-,30+,31+,36+/m01/s1. The van der Waals surface area contributed by atoms with Gasteiger partial charge in [-0.25, -0.2) is 0 Å². The number of carboxylic acids is 1. The number of para-hydroxylation sites is 1. The van der Waals surface area contributed by atoms with Gasteiger partial charge < -0.3 is 76.2 Å². The second-order valence-electron chi connectivity index (χ2n) is 31.8. The Morgan fingerprint density at radius 3 is 1.50 bits per heavy atom. The van der Waals surface area contributed by atoms with Gasteiger partial charge in [0.05, 0.1) is 36.6 Å². The highest BCUT2D eigenvalue weighted by atomic mass is 16.4. The minimum Gasteiger partial charge on any atom is -0.481 e. The molecule has 6 amide bonds. The number of aromatic amines is 1. The lowest BCUT2D eigenvalue weighted by Gasteiger charge is -2.26. The van der Waals surface area contributed by atoms with Crippen LogP contribution in [0.3, 0.4) is 0 Å². The molecule has 20 N–H and O–H groups in total. The number of ketones is 5. The summed E-state index contributed by atoms with van der Waals surface area (Å²) in [4.78, 5) is 172. The number of H-pyrrole nitrogens is 1. The molecule has 2 aromatic carbocycles. The van der Waals surface area contributed by atoms with Gasteiger partial charge in [0.2, 0.25) is 35.4 Å². The molecule has 0 bridgehead atoms. The highest BCUT2D eigenvalue weighted by Gasteiger charge is 2.37. The van der Waals surface area contributed by atoms with Crippen molar-refractivity contribution < 1.29 is 67.7 Å². The lowest BCUT2D eigenvalue weighted by molar-refractivity contribution is -0.143. The first-order valence-electron chi connectivity index (χ1n) is 42.4. The SMILES string of the molecule is CCCCCCCCCCCCCCCC(=O)N[C@H](C(=O)C[C@@H](CC(=O)O)C(=O)N[C@@H](CCCN=C(N)N)C(=O)C[C@@H](CC(C)C)C(=O)NC)[C@@H](C)O.CCCC[C@H](CC(=O)[C@H](Cc1c[nH]c2ccccc12)NC(=O)[C@H](CCCCN)CC(=O)[C@@H](C)CCCN=C(N)N)C(=O)N[C@@H](Cc1ccccc1)C(=O)C[C@H](C(N)=O)[C@@H](C)CC. The number of aliphatic hydroxyl groups is 1. The van der Waals surface area contributed by atoms with E-state index in [1.165, 1.54) is 71.8 Å². The van der Waals surface area contributed by atoms with Crippen molar-refractivity contribution in [3.05, 3.63) is 71.9 Å². The summed E-state index contributed by atoms with van der Waals surface area (Å²) >= 11 is 0. The molecule has 115 heavy (non-hydrogen) atoms. The number of primary amides is 1. The third-order valence-electron chi connectivity index (χ3n) is 21.5. The predicted molar refractivity (Wildman–Crippen MR) is 453 cm³/mol. The molecule has 0 radical (unpaired) electrons. The largest absolute Gasteiger partial charge is 0.481 e. The molecular weight excluding hydrogens is 1470 g/mol. The van der Waals surface area contributed by atoms with Gasteiger partial charge in [-0.15, -0.1) is 0 Å². The molecule has 28 nitrogen and oxygen atoms in total. The van der Waals surface area contributed by atoms with Gasteiger partial charge >= 0.3 is 5.97 Å². The van der Waals surface area contributed by atoms with E-state index in [0.29, 0.717) is 83.7 Å². The number of Topliss-reactive ketones (excluding diaryl/α,β-unsaturated/α-hetero) is 5. The number of aliphatic hydroxyl groups excluding tert-OH is 1. The molecule has 0 aliphatic rings. The molecule has 646 valence electrons. The van der Waals surface area contributed by atoms with Crippen molar-refractivity contribution in [2.75, 3.05) is 26.7 Å². The molecular formula is C87H144N14O14. The molecule has 12 atom stereocenters. The number of nitrogens with one attached hydrogen (secondary N) is 6. The number of hydrogen-bond donors (Lipinski definition) is 14. The topological polar surface area (TPSA) is 502 Å². The minimum absolute atomic E-state index is 0.000129. The van der Waals surface area contributed by atoms with Gasteiger partial charge in [-0.2, -0.15) is 0 Å². The molecule has 3 rings (SSSR count). The van der Waals surface area contributed by atoms with Gasteiger partial charge in [0.15, 0.2) is 35.1 Å². The third kappa shape index (κ3) is 43.0. The van der Waals surface area contributed by atoms with Gasteiger partial charge in [-0.05, 0) is 107 Å². The lowest BCUT2D eigenvalue weighted by atomic mass is 9.84. The summed E-state index contributed by atoms with van der Waals surface area (Å²) in [6, 6.07) is 12.6. The second-order valence-corrected chi connectivity index (χ2v) is 31.8. The molecule has 3 aromatic rings. The molecule has 0 aliphatic heterocycles. The second kappa shape index (κ2) is 58.8. The van der Waals surface area contributed by atoms with Crippen LogP contribution in [0, 0.1) is 47.3 Å². The van der Waals surface area contributed by atoms with E-state index in [9.17, 15) is 67.7 Å². The fraction of sp³-hybridized carbons (Fsp3) is 0.678. The Kier molecular flexibility index (Phi) is 52.3. The monoisotopic (exact) mass is 1610 g/mol. The summed E-state index contributed by atoms with van der Waals surface area (Å²) in [7, 11) is 1.48. The van der Waals surface area contributed by atoms with Crippen LogP contribution in [-0.4, -0.2) is 154 Å². The first-order valence-corrected chi connectivity index (χ1v) is 42.4. The summed E-state index contributed by atoms with van der Waals surface area (Å²) in [5, 5.41) is 34.6. The first-order chi connectivity index (χ1) is 54.8. The van der Waals surface area contributed by atoms with Crippen molar-refractivity contribution >= 4 is 93.2 Å². The maximum Gasteiger partial charge on any atom is 0.304 e. The average Bonchev–Trinajstić information content (AvgIpc) is 1.64. The van der Waals surface area contributed by atoms with Crippen molar-refractivity contribution in [3.8, 4) is 0 Å². The Balaban J connectivity index is 0.000000791. The number of guanidine groups is 2. The van der Waals surface area contributed by atoms with E-state index in [4.69, 9.17) is 34.4 Å². The highest BCUT2D eigenvalue weighted by molar-refractivity contribution is 5.99. The van der Waals surface area contributed by atoms with Crippen LogP contribution in [0.1, 0.15) is 272 Å². The zero-order valence-electron chi connectivity index (χ0n) is 70.6. The first kappa shape index (κ1) is 102. The molecule has 0 spiro atoms. The van der Waals surface area contributed by atoms with Crippen LogP contribution in [0.2, 0.25) is 0 Å². The molecule has 0 saturated carbocycles. The summed E-state index contributed by atoms with van der Waals surface area (Å²) < 4.78 is 0. The third-order valence-corrected chi connectivity index (χ3v) is 21.5. The van der Waals surface area contributed by atoms with Crippen LogP contribution in [0.15, 0.2) is 70.8 Å². The quantitative estimate of drug-likeness (QED) is 0.0142. The Bertz CT molecular complexity index is 3480. The Hall–Kier alpha value is -8.92. The van der Waals surface area contributed by atoms with E-state index in [2.05, 4.69) is 48.5 Å². The number of unbranched alkanes of at least 4 members (excludes halogenated alkanes) is 14. The van der Waals surface area contributed by atoms with E-state index in [1.54, 1.807) is 0 Å². The number of amides is 6. The van der Waals surface area contributed by atoms with Gasteiger partial charge in [0.1, 0.15) is 11.8 Å². The van der Waals surface area contributed by atoms with E-state index < -0.39 is 120 Å². The fourth-order valence-electron chi connectivity index (χ4n) is 14.3. The number of carboxylic acid groups (broad SMARTS) is 1. The van der Waals surface area contributed by atoms with E-state index >= 15 is 0 Å². The summed E-state index contributed by atoms with van der Waals surface area (Å²) in [6.45, 7) is 16.0. The Morgan fingerprint density at radius 2 is 0.965 bits per heavy atom. The van der Waals surface area contributed by atoms with Crippen molar-refractivity contribution in [2.45, 2.75) is 304 Å². The van der Waals surface area contributed by atoms with E-state index in [-0.39, 0.29) is 111 Å². The number of carbonyl (C=O) groups excluding carboxylic acids is 11. The van der Waals surface area contributed by atoms with Crippen LogP contribution in [-0.2, 0) is 70.4 Å². The van der Waals surface area contributed by atoms with Gasteiger partial charge in [0, 0.05) is 112 Å². The number of benzene rings is 2. The molecule has 28 heteroatoms. The lowest BCUT2D eigenvalue weighted by Crippen LogP contribution is -2.50. The summed E-state index contributed by atoms with van der Waals surface area (Å²) in [5.74, 6) is -10.9. The molecule has 0 saturated heterocycles. The number of aromatic nitrogens is 1. The number of nitrogens with two attached hydrogens (primary N) is 6. The molecule has 1 heterocycles. The van der Waals surface area contributed by atoms with Gasteiger partial charge in [-0.1, -0.05) is 200 Å². The average molecular weight is 1610 g/mol. The number of aliphatic imine (C=N–C) groups is 2. The smallest absolute Gasteiger partial charge is 0.304 e. The predicted octanol–water partition coefficient (Wildman–Crippen LogP) is 9.48. The molecule has 1 aromatic heterocycles.